The molecule has 1 fully saturated rings. The Morgan fingerprint density at radius 3 is 2.56 bits per heavy atom. The summed E-state index contributed by atoms with van der Waals surface area (Å²) in [5.41, 5.74) is 4.09. The molecule has 2 aliphatic heterocycles. The molecular formula is C22H26N2O. The van der Waals surface area contributed by atoms with Crippen molar-refractivity contribution in [1.29, 1.82) is 0 Å². The van der Waals surface area contributed by atoms with Crippen LogP contribution in [0.5, 0.6) is 0 Å². The van der Waals surface area contributed by atoms with Gasteiger partial charge in [-0.05, 0) is 36.1 Å². The molecule has 130 valence electrons. The molecule has 0 aliphatic carbocycles. The van der Waals surface area contributed by atoms with Crippen LogP contribution in [-0.4, -0.2) is 50.5 Å². The summed E-state index contributed by atoms with van der Waals surface area (Å²) in [7, 11) is 0. The van der Waals surface area contributed by atoms with Crippen LogP contribution in [0.2, 0.25) is 0 Å². The number of ether oxygens (including phenoxy) is 1. The molecule has 0 bridgehead atoms. The van der Waals surface area contributed by atoms with Crippen molar-refractivity contribution >= 4 is 6.21 Å². The molecule has 2 aliphatic rings. The number of morpholine rings is 1. The molecule has 0 amide bonds. The number of hydrogen-bond acceptors (Lipinski definition) is 3. The first-order valence-electron chi connectivity index (χ1n) is 9.33. The maximum absolute atomic E-state index is 5.47. The zero-order chi connectivity index (χ0) is 17.0. The molecule has 0 N–H and O–H groups in total. The molecule has 3 nitrogen and oxygen atoms in total. The van der Waals surface area contributed by atoms with E-state index in [1.54, 1.807) is 0 Å². The first-order valence-corrected chi connectivity index (χ1v) is 9.33. The molecule has 1 atom stereocenters. The summed E-state index contributed by atoms with van der Waals surface area (Å²) < 4.78 is 5.47. The molecule has 1 unspecified atom stereocenters. The third-order valence-electron chi connectivity index (χ3n) is 5.58. The minimum absolute atomic E-state index is 0.00110. The summed E-state index contributed by atoms with van der Waals surface area (Å²) in [6.07, 6.45) is 4.35. The van der Waals surface area contributed by atoms with Gasteiger partial charge in [-0.3, -0.25) is 9.89 Å². The van der Waals surface area contributed by atoms with E-state index in [1.165, 1.54) is 23.1 Å². The van der Waals surface area contributed by atoms with E-state index >= 15 is 0 Å². The highest BCUT2D eigenvalue weighted by atomic mass is 16.5. The summed E-state index contributed by atoms with van der Waals surface area (Å²) in [6.45, 7) is 5.86. The fourth-order valence-electron chi connectivity index (χ4n) is 4.22. The summed E-state index contributed by atoms with van der Waals surface area (Å²) in [4.78, 5) is 7.28. The highest BCUT2D eigenvalue weighted by Gasteiger charge is 2.36. The first-order chi connectivity index (χ1) is 12.4. The second-order valence-corrected chi connectivity index (χ2v) is 7.06. The van der Waals surface area contributed by atoms with Gasteiger partial charge in [0.25, 0.3) is 0 Å². The summed E-state index contributed by atoms with van der Waals surface area (Å²) in [5, 5.41) is 0. The van der Waals surface area contributed by atoms with E-state index in [-0.39, 0.29) is 5.41 Å². The predicted octanol–water partition coefficient (Wildman–Crippen LogP) is 3.52. The molecule has 25 heavy (non-hydrogen) atoms. The number of hydrogen-bond donors (Lipinski definition) is 0. The van der Waals surface area contributed by atoms with Gasteiger partial charge in [0.15, 0.2) is 0 Å². The van der Waals surface area contributed by atoms with Gasteiger partial charge in [-0.2, -0.15) is 0 Å². The van der Waals surface area contributed by atoms with E-state index in [4.69, 9.17) is 9.73 Å². The lowest BCUT2D eigenvalue weighted by Gasteiger charge is -2.38. The van der Waals surface area contributed by atoms with Gasteiger partial charge in [0.2, 0.25) is 0 Å². The molecule has 0 spiro atoms. The Kier molecular flexibility index (Phi) is 4.95. The standard InChI is InChI=1S/C22H26N2O/c1-2-8-20(9-3-1)22(11-6-12-24-13-15-25-16-14-24)18-23-17-19-7-4-5-10-21(19)22/h1-5,7-10,17H,6,11-16,18H2. The van der Waals surface area contributed by atoms with Crippen molar-refractivity contribution in [2.45, 2.75) is 18.3 Å². The second-order valence-electron chi connectivity index (χ2n) is 7.06. The zero-order valence-electron chi connectivity index (χ0n) is 14.7. The number of aliphatic imine (C=N–C) groups is 1. The van der Waals surface area contributed by atoms with Crippen LogP contribution in [0.4, 0.5) is 0 Å². The van der Waals surface area contributed by atoms with Crippen LogP contribution in [-0.2, 0) is 10.2 Å². The lowest BCUT2D eigenvalue weighted by Crippen LogP contribution is -2.39. The van der Waals surface area contributed by atoms with E-state index < -0.39 is 0 Å². The third kappa shape index (κ3) is 3.39. The van der Waals surface area contributed by atoms with Gasteiger partial charge in [-0.1, -0.05) is 54.6 Å². The van der Waals surface area contributed by atoms with Gasteiger partial charge < -0.3 is 4.74 Å². The van der Waals surface area contributed by atoms with E-state index in [9.17, 15) is 0 Å². The van der Waals surface area contributed by atoms with Gasteiger partial charge in [0.1, 0.15) is 0 Å². The Morgan fingerprint density at radius 1 is 0.960 bits per heavy atom. The van der Waals surface area contributed by atoms with E-state index in [0.717, 1.165) is 45.8 Å². The lowest BCUT2D eigenvalue weighted by molar-refractivity contribution is 0.0366. The van der Waals surface area contributed by atoms with Crippen LogP contribution < -0.4 is 0 Å². The Labute approximate surface area is 150 Å². The second kappa shape index (κ2) is 7.51. The maximum Gasteiger partial charge on any atom is 0.0594 e. The average Bonchev–Trinajstić information content (AvgIpc) is 2.70. The summed E-state index contributed by atoms with van der Waals surface area (Å²) in [5.74, 6) is 0. The molecule has 0 aromatic heterocycles. The molecule has 0 radical (unpaired) electrons. The quantitative estimate of drug-likeness (QED) is 0.836. The molecule has 2 aromatic rings. The highest BCUT2D eigenvalue weighted by Crippen LogP contribution is 2.40. The topological polar surface area (TPSA) is 24.8 Å². The van der Waals surface area contributed by atoms with Gasteiger partial charge in [0.05, 0.1) is 19.8 Å². The molecule has 2 heterocycles. The van der Waals surface area contributed by atoms with Crippen molar-refractivity contribution in [3.05, 3.63) is 71.3 Å². The fourth-order valence-corrected chi connectivity index (χ4v) is 4.22. The number of benzene rings is 2. The van der Waals surface area contributed by atoms with Crippen LogP contribution >= 0.6 is 0 Å². The minimum Gasteiger partial charge on any atom is -0.379 e. The summed E-state index contributed by atoms with van der Waals surface area (Å²) in [6, 6.07) is 19.7. The summed E-state index contributed by atoms with van der Waals surface area (Å²) >= 11 is 0. The largest absolute Gasteiger partial charge is 0.379 e. The molecule has 0 saturated carbocycles. The van der Waals surface area contributed by atoms with Gasteiger partial charge in [-0.15, -0.1) is 0 Å². The van der Waals surface area contributed by atoms with Crippen LogP contribution in [0.25, 0.3) is 0 Å². The van der Waals surface area contributed by atoms with Gasteiger partial charge >= 0.3 is 0 Å². The fraction of sp³-hybridized carbons (Fsp3) is 0.409. The van der Waals surface area contributed by atoms with Crippen molar-refractivity contribution < 1.29 is 4.74 Å². The van der Waals surface area contributed by atoms with Gasteiger partial charge in [-0.25, -0.2) is 0 Å². The Bertz CT molecular complexity index is 722. The van der Waals surface area contributed by atoms with E-state index in [1.807, 2.05) is 6.21 Å². The highest BCUT2D eigenvalue weighted by molar-refractivity contribution is 5.84. The minimum atomic E-state index is -0.00110. The predicted molar refractivity (Wildman–Crippen MR) is 103 cm³/mol. The SMILES string of the molecule is C1=NCC(CCCN2CCOCC2)(c2ccccc2)c2ccccc21. The van der Waals surface area contributed by atoms with E-state index in [0.29, 0.717) is 0 Å². The van der Waals surface area contributed by atoms with Crippen LogP contribution in [0.1, 0.15) is 29.5 Å². The Balaban J connectivity index is 1.60. The van der Waals surface area contributed by atoms with Crippen molar-refractivity contribution in [3.8, 4) is 0 Å². The smallest absolute Gasteiger partial charge is 0.0594 e. The number of rotatable bonds is 5. The molecule has 2 aromatic carbocycles. The third-order valence-corrected chi connectivity index (χ3v) is 5.58. The number of fused-ring (bicyclic) bond motifs is 1. The van der Waals surface area contributed by atoms with Crippen molar-refractivity contribution in [1.82, 2.24) is 4.90 Å². The first kappa shape index (κ1) is 16.5. The molecule has 1 saturated heterocycles. The van der Waals surface area contributed by atoms with Gasteiger partial charge in [0, 0.05) is 24.7 Å². The van der Waals surface area contributed by atoms with Crippen molar-refractivity contribution in [3.63, 3.8) is 0 Å². The Hall–Kier alpha value is -1.97. The average molecular weight is 334 g/mol. The normalized spacial score (nSPS) is 23.4. The van der Waals surface area contributed by atoms with Crippen LogP contribution in [0.15, 0.2) is 59.6 Å². The lowest BCUT2D eigenvalue weighted by atomic mass is 9.69. The molecule has 3 heteroatoms. The molecular weight excluding hydrogens is 308 g/mol. The van der Waals surface area contributed by atoms with E-state index in [2.05, 4.69) is 59.5 Å². The Morgan fingerprint density at radius 2 is 1.72 bits per heavy atom. The van der Waals surface area contributed by atoms with Crippen LogP contribution in [0, 0.1) is 0 Å². The van der Waals surface area contributed by atoms with Crippen molar-refractivity contribution in [2.75, 3.05) is 39.4 Å². The number of nitrogens with zero attached hydrogens (tertiary/aromatic N) is 2. The van der Waals surface area contributed by atoms with Crippen molar-refractivity contribution in [2.24, 2.45) is 4.99 Å². The maximum atomic E-state index is 5.47. The monoisotopic (exact) mass is 334 g/mol. The molecule has 4 rings (SSSR count). The zero-order valence-corrected chi connectivity index (χ0v) is 14.7. The van der Waals surface area contributed by atoms with Crippen LogP contribution in [0.3, 0.4) is 0 Å².